The third-order valence-corrected chi connectivity index (χ3v) is 3.48. The van der Waals surface area contributed by atoms with Crippen LogP contribution in [0.4, 0.5) is 24.5 Å². The van der Waals surface area contributed by atoms with Crippen molar-refractivity contribution in [2.45, 2.75) is 12.7 Å². The van der Waals surface area contributed by atoms with Crippen molar-refractivity contribution in [3.05, 3.63) is 53.6 Å². The second-order valence-electron chi connectivity index (χ2n) is 4.89. The van der Waals surface area contributed by atoms with Crippen LogP contribution >= 0.6 is 0 Å². The topological polar surface area (TPSA) is 24.8 Å². The summed E-state index contributed by atoms with van der Waals surface area (Å²) in [7, 11) is 1.43. The summed E-state index contributed by atoms with van der Waals surface area (Å²) in [5.74, 6) is 0.374. The zero-order valence-corrected chi connectivity index (χ0v) is 11.8. The summed E-state index contributed by atoms with van der Waals surface area (Å²) < 4.78 is 43.9. The third kappa shape index (κ3) is 2.64. The summed E-state index contributed by atoms with van der Waals surface area (Å²) in [6, 6.07) is 10.9. The molecular formula is C16H13F3N2O. The number of methoxy groups -OCH3 is 1. The average molecular weight is 306 g/mol. The van der Waals surface area contributed by atoms with Crippen LogP contribution in [0.3, 0.4) is 0 Å². The lowest BCUT2D eigenvalue weighted by Crippen LogP contribution is -2.24. The highest BCUT2D eigenvalue weighted by molar-refractivity contribution is 5.86. The molecule has 0 unspecified atom stereocenters. The molecule has 0 fully saturated rings. The summed E-state index contributed by atoms with van der Waals surface area (Å²) in [4.78, 5) is 5.93. The van der Waals surface area contributed by atoms with Gasteiger partial charge in [0.2, 0.25) is 0 Å². The van der Waals surface area contributed by atoms with Gasteiger partial charge in [-0.15, -0.1) is 0 Å². The summed E-state index contributed by atoms with van der Waals surface area (Å²) >= 11 is 0. The standard InChI is InChI=1S/C16H13F3N2O/c1-22-15-7-6-12(16(17,18)19)8-14(15)21-9-11-4-2-3-5-13(11)20-10-21/h2-8,10H,9H2,1H3. The number of hydrogen-bond acceptors (Lipinski definition) is 3. The molecule has 114 valence electrons. The number of rotatable bonds is 2. The minimum absolute atomic E-state index is 0.343. The zero-order valence-electron chi connectivity index (χ0n) is 11.8. The fourth-order valence-corrected chi connectivity index (χ4v) is 2.36. The quantitative estimate of drug-likeness (QED) is 0.822. The molecule has 0 atom stereocenters. The van der Waals surface area contributed by atoms with E-state index in [4.69, 9.17) is 4.74 Å². The van der Waals surface area contributed by atoms with Gasteiger partial charge in [-0.2, -0.15) is 13.2 Å². The number of nitrogens with zero attached hydrogens (tertiary/aromatic N) is 2. The van der Waals surface area contributed by atoms with Crippen LogP contribution in [0.2, 0.25) is 0 Å². The molecule has 1 heterocycles. The van der Waals surface area contributed by atoms with Crippen molar-refractivity contribution in [3.8, 4) is 5.75 Å². The van der Waals surface area contributed by atoms with Gasteiger partial charge < -0.3 is 9.64 Å². The van der Waals surface area contributed by atoms with Crippen LogP contribution in [-0.2, 0) is 12.7 Å². The molecule has 0 saturated heterocycles. The van der Waals surface area contributed by atoms with Crippen molar-refractivity contribution in [3.63, 3.8) is 0 Å². The van der Waals surface area contributed by atoms with Crippen LogP contribution in [0, 0.1) is 0 Å². The lowest BCUT2D eigenvalue weighted by Gasteiger charge is -2.26. The Bertz CT molecular complexity index is 726. The summed E-state index contributed by atoms with van der Waals surface area (Å²) in [6.07, 6.45) is -2.87. The van der Waals surface area contributed by atoms with Gasteiger partial charge in [0.15, 0.2) is 0 Å². The van der Waals surface area contributed by atoms with E-state index in [9.17, 15) is 13.2 Å². The second kappa shape index (κ2) is 5.36. The number of anilines is 1. The van der Waals surface area contributed by atoms with Crippen LogP contribution in [0.15, 0.2) is 47.5 Å². The normalized spacial score (nSPS) is 13.9. The number of para-hydroxylation sites is 1. The van der Waals surface area contributed by atoms with Crippen LogP contribution in [0.5, 0.6) is 5.75 Å². The minimum Gasteiger partial charge on any atom is -0.495 e. The first-order chi connectivity index (χ1) is 10.5. The van der Waals surface area contributed by atoms with E-state index in [1.807, 2.05) is 24.3 Å². The van der Waals surface area contributed by atoms with E-state index >= 15 is 0 Å². The van der Waals surface area contributed by atoms with Crippen molar-refractivity contribution < 1.29 is 17.9 Å². The predicted molar refractivity (Wildman–Crippen MR) is 78.8 cm³/mol. The van der Waals surface area contributed by atoms with Gasteiger partial charge in [0.1, 0.15) is 5.75 Å². The summed E-state index contributed by atoms with van der Waals surface area (Å²) in [5.41, 5.74) is 1.40. The Balaban J connectivity index is 2.02. The van der Waals surface area contributed by atoms with E-state index in [-0.39, 0.29) is 0 Å². The molecule has 0 amide bonds. The van der Waals surface area contributed by atoms with Crippen molar-refractivity contribution in [1.29, 1.82) is 0 Å². The van der Waals surface area contributed by atoms with Gasteiger partial charge >= 0.3 is 6.18 Å². The zero-order chi connectivity index (χ0) is 15.7. The Hall–Kier alpha value is -2.50. The maximum Gasteiger partial charge on any atom is 0.416 e. The monoisotopic (exact) mass is 306 g/mol. The lowest BCUT2D eigenvalue weighted by atomic mass is 10.1. The van der Waals surface area contributed by atoms with E-state index in [1.165, 1.54) is 19.5 Å². The van der Waals surface area contributed by atoms with Crippen LogP contribution in [0.1, 0.15) is 11.1 Å². The minimum atomic E-state index is -4.40. The van der Waals surface area contributed by atoms with Crippen molar-refractivity contribution in [1.82, 2.24) is 0 Å². The number of fused-ring (bicyclic) bond motifs is 1. The first-order valence-corrected chi connectivity index (χ1v) is 6.63. The van der Waals surface area contributed by atoms with Gasteiger partial charge in [-0.1, -0.05) is 18.2 Å². The largest absolute Gasteiger partial charge is 0.495 e. The van der Waals surface area contributed by atoms with Crippen molar-refractivity contribution in [2.75, 3.05) is 12.0 Å². The molecule has 0 aromatic heterocycles. The highest BCUT2D eigenvalue weighted by atomic mass is 19.4. The molecule has 6 heteroatoms. The highest BCUT2D eigenvalue weighted by Gasteiger charge is 2.32. The SMILES string of the molecule is COc1ccc(C(F)(F)F)cc1N1C=Nc2ccccc2C1. The maximum absolute atomic E-state index is 12.9. The Labute approximate surface area is 125 Å². The molecule has 2 aromatic carbocycles. The molecule has 3 rings (SSSR count). The molecule has 2 aromatic rings. The molecule has 3 nitrogen and oxygen atoms in total. The summed E-state index contributed by atoms with van der Waals surface area (Å²) in [6.45, 7) is 0.442. The van der Waals surface area contributed by atoms with Crippen LogP contribution < -0.4 is 9.64 Å². The molecule has 0 aliphatic carbocycles. The first kappa shape index (κ1) is 14.4. The van der Waals surface area contributed by atoms with Gasteiger partial charge in [-0.25, -0.2) is 4.99 Å². The fraction of sp³-hybridized carbons (Fsp3) is 0.188. The molecular weight excluding hydrogens is 293 g/mol. The van der Waals surface area contributed by atoms with E-state index in [0.717, 1.165) is 23.4 Å². The van der Waals surface area contributed by atoms with Gasteiger partial charge in [0.25, 0.3) is 0 Å². The molecule has 0 saturated carbocycles. The smallest absolute Gasteiger partial charge is 0.416 e. The van der Waals surface area contributed by atoms with Crippen molar-refractivity contribution >= 4 is 17.7 Å². The van der Waals surface area contributed by atoms with E-state index in [1.54, 1.807) is 4.90 Å². The Kier molecular flexibility index (Phi) is 3.52. The number of halogens is 3. The Morgan fingerprint density at radius 2 is 1.91 bits per heavy atom. The Morgan fingerprint density at radius 1 is 1.14 bits per heavy atom. The fourth-order valence-electron chi connectivity index (χ4n) is 2.36. The van der Waals surface area contributed by atoms with Gasteiger partial charge in [-0.05, 0) is 29.8 Å². The maximum atomic E-state index is 12.9. The molecule has 0 N–H and O–H groups in total. The number of hydrogen-bond donors (Lipinski definition) is 0. The number of ether oxygens (including phenoxy) is 1. The average Bonchev–Trinajstić information content (AvgIpc) is 2.53. The highest BCUT2D eigenvalue weighted by Crippen LogP contribution is 2.38. The van der Waals surface area contributed by atoms with E-state index < -0.39 is 11.7 Å². The molecule has 1 aliphatic rings. The van der Waals surface area contributed by atoms with E-state index in [0.29, 0.717) is 18.0 Å². The molecule has 22 heavy (non-hydrogen) atoms. The second-order valence-corrected chi connectivity index (χ2v) is 4.89. The lowest BCUT2D eigenvalue weighted by molar-refractivity contribution is -0.137. The Morgan fingerprint density at radius 3 is 2.64 bits per heavy atom. The third-order valence-electron chi connectivity index (χ3n) is 3.48. The number of aliphatic imine (C=N–C) groups is 1. The van der Waals surface area contributed by atoms with Gasteiger partial charge in [0.05, 0.1) is 36.9 Å². The van der Waals surface area contributed by atoms with E-state index in [2.05, 4.69) is 4.99 Å². The molecule has 0 spiro atoms. The predicted octanol–water partition coefficient (Wildman–Crippen LogP) is 4.39. The van der Waals surface area contributed by atoms with Crippen LogP contribution in [0.25, 0.3) is 0 Å². The van der Waals surface area contributed by atoms with Gasteiger partial charge in [-0.3, -0.25) is 0 Å². The molecule has 1 aliphatic heterocycles. The molecule has 0 bridgehead atoms. The first-order valence-electron chi connectivity index (χ1n) is 6.63. The van der Waals surface area contributed by atoms with Gasteiger partial charge in [0, 0.05) is 0 Å². The summed E-state index contributed by atoms with van der Waals surface area (Å²) in [5, 5.41) is 0. The van der Waals surface area contributed by atoms with Crippen LogP contribution in [-0.4, -0.2) is 13.4 Å². The molecule has 0 radical (unpaired) electrons. The van der Waals surface area contributed by atoms with Crippen molar-refractivity contribution in [2.24, 2.45) is 4.99 Å². The number of benzene rings is 2. The number of alkyl halides is 3.